The molecule has 2 atom stereocenters. The van der Waals surface area contributed by atoms with Gasteiger partial charge in [0.05, 0.1) is 30.5 Å². The molecule has 0 bridgehead atoms. The van der Waals surface area contributed by atoms with Crippen LogP contribution >= 0.6 is 0 Å². The van der Waals surface area contributed by atoms with Crippen LogP contribution in [-0.4, -0.2) is 68.3 Å². The van der Waals surface area contributed by atoms with Gasteiger partial charge in [0.25, 0.3) is 0 Å². The second-order valence-corrected chi connectivity index (χ2v) is 9.85. The van der Waals surface area contributed by atoms with Gasteiger partial charge in [-0.15, -0.1) is 0 Å². The number of carbonyl (C=O) groups excluding carboxylic acids is 1. The Labute approximate surface area is 183 Å². The van der Waals surface area contributed by atoms with Crippen LogP contribution in [0.3, 0.4) is 0 Å². The van der Waals surface area contributed by atoms with Crippen LogP contribution in [0.2, 0.25) is 0 Å². The first-order valence-corrected chi connectivity index (χ1v) is 12.1. The number of rotatable bonds is 8. The Hall–Kier alpha value is -2.62. The number of hydrogen-bond acceptors (Lipinski definition) is 6. The molecule has 0 spiro atoms. The molecule has 168 valence electrons. The van der Waals surface area contributed by atoms with E-state index in [4.69, 9.17) is 5.73 Å². The normalized spacial score (nSPS) is 18.0. The van der Waals surface area contributed by atoms with Gasteiger partial charge in [-0.05, 0) is 29.7 Å². The average molecular weight is 447 g/mol. The molecule has 0 saturated carbocycles. The van der Waals surface area contributed by atoms with E-state index < -0.39 is 10.0 Å². The largest absolute Gasteiger partial charge is 0.398 e. The fourth-order valence-electron chi connectivity index (χ4n) is 3.85. The van der Waals surface area contributed by atoms with Gasteiger partial charge in [0.1, 0.15) is 0 Å². The Bertz CT molecular complexity index is 1010. The zero-order chi connectivity index (χ0) is 22.6. The number of nitrogens with one attached hydrogen (secondary N) is 1. The van der Waals surface area contributed by atoms with E-state index in [1.807, 2.05) is 30.3 Å². The molecule has 2 aromatic carbocycles. The minimum Gasteiger partial charge on any atom is -0.398 e. The Morgan fingerprint density at radius 1 is 1.29 bits per heavy atom. The number of aliphatic hydroxyl groups excluding tert-OH is 1. The predicted molar refractivity (Wildman–Crippen MR) is 122 cm³/mol. The van der Waals surface area contributed by atoms with Crippen molar-refractivity contribution in [2.75, 3.05) is 43.4 Å². The molecule has 4 N–H and O–H groups in total. The molecule has 1 aliphatic rings. The highest BCUT2D eigenvalue weighted by atomic mass is 32.2. The first kappa shape index (κ1) is 23.1. The summed E-state index contributed by atoms with van der Waals surface area (Å²) in [6, 6.07) is 14.8. The van der Waals surface area contributed by atoms with Gasteiger partial charge in [0.2, 0.25) is 15.9 Å². The molecule has 0 aromatic heterocycles. The predicted octanol–water partition coefficient (Wildman–Crippen LogP) is 1.45. The van der Waals surface area contributed by atoms with E-state index >= 15 is 0 Å². The maximum atomic E-state index is 12.9. The number of nitrogen functional groups attached to an aromatic ring is 1. The zero-order valence-electron chi connectivity index (χ0n) is 17.9. The third kappa shape index (κ3) is 6.43. The number of anilines is 2. The van der Waals surface area contributed by atoms with Crippen molar-refractivity contribution in [2.45, 2.75) is 25.0 Å². The summed E-state index contributed by atoms with van der Waals surface area (Å²) in [5.74, 6) is -0.0869. The number of nitrogens with two attached hydrogens (primary N) is 1. The monoisotopic (exact) mass is 446 g/mol. The van der Waals surface area contributed by atoms with Crippen LogP contribution in [0.15, 0.2) is 48.5 Å². The number of aliphatic hydroxyl groups is 1. The van der Waals surface area contributed by atoms with Crippen LogP contribution in [-0.2, 0) is 21.2 Å². The standard InChI is InChI=1S/C22H30N4O4S/c1-25(15-21(16-6-4-3-5-7-16)26-11-10-19(27)14-26)22(28)12-17-8-9-18(13-20(17)23)24-31(2,29)30/h3-9,13,19,21,24,27H,10-12,14-15,23H2,1-2H3/t19-,21-/m0/s1. The summed E-state index contributed by atoms with van der Waals surface area (Å²) in [7, 11) is -1.63. The van der Waals surface area contributed by atoms with Crippen molar-refractivity contribution in [1.29, 1.82) is 0 Å². The summed E-state index contributed by atoms with van der Waals surface area (Å²) in [5.41, 5.74) is 8.52. The van der Waals surface area contributed by atoms with Gasteiger partial charge in [-0.3, -0.25) is 14.4 Å². The molecule has 9 heteroatoms. The summed E-state index contributed by atoms with van der Waals surface area (Å²) in [6.45, 7) is 1.86. The van der Waals surface area contributed by atoms with Crippen LogP contribution < -0.4 is 10.5 Å². The van der Waals surface area contributed by atoms with E-state index in [-0.39, 0.29) is 24.5 Å². The Morgan fingerprint density at radius 2 is 2.00 bits per heavy atom. The lowest BCUT2D eigenvalue weighted by atomic mass is 10.0. The first-order valence-electron chi connectivity index (χ1n) is 10.2. The van der Waals surface area contributed by atoms with Crippen molar-refractivity contribution in [3.05, 3.63) is 59.7 Å². The van der Waals surface area contributed by atoms with Crippen molar-refractivity contribution in [1.82, 2.24) is 9.80 Å². The van der Waals surface area contributed by atoms with Crippen LogP contribution in [0.5, 0.6) is 0 Å². The van der Waals surface area contributed by atoms with Crippen molar-refractivity contribution < 1.29 is 18.3 Å². The smallest absolute Gasteiger partial charge is 0.229 e. The molecule has 1 amide bonds. The third-order valence-corrected chi connectivity index (χ3v) is 6.09. The second kappa shape index (κ2) is 9.67. The van der Waals surface area contributed by atoms with Crippen LogP contribution in [0.4, 0.5) is 11.4 Å². The number of amides is 1. The third-order valence-electron chi connectivity index (χ3n) is 5.48. The zero-order valence-corrected chi connectivity index (χ0v) is 18.7. The summed E-state index contributed by atoms with van der Waals surface area (Å²) in [5, 5.41) is 9.98. The molecule has 3 rings (SSSR count). The van der Waals surface area contributed by atoms with Gasteiger partial charge in [-0.1, -0.05) is 36.4 Å². The first-order chi connectivity index (χ1) is 14.6. The Kier molecular flexibility index (Phi) is 7.19. The maximum Gasteiger partial charge on any atom is 0.229 e. The Morgan fingerprint density at radius 3 is 2.58 bits per heavy atom. The highest BCUT2D eigenvalue weighted by molar-refractivity contribution is 7.92. The molecule has 31 heavy (non-hydrogen) atoms. The van der Waals surface area contributed by atoms with Crippen LogP contribution in [0, 0.1) is 0 Å². The summed E-state index contributed by atoms with van der Waals surface area (Å²) in [4.78, 5) is 16.8. The molecule has 1 aliphatic heterocycles. The van der Waals surface area contributed by atoms with E-state index in [9.17, 15) is 18.3 Å². The average Bonchev–Trinajstić information content (AvgIpc) is 3.13. The van der Waals surface area contributed by atoms with Gasteiger partial charge < -0.3 is 15.7 Å². The molecule has 8 nitrogen and oxygen atoms in total. The summed E-state index contributed by atoms with van der Waals surface area (Å²) in [6.07, 6.45) is 1.57. The van der Waals surface area contributed by atoms with Crippen LogP contribution in [0.1, 0.15) is 23.6 Å². The number of likely N-dealkylation sites (tertiary alicyclic amines) is 1. The molecule has 1 fully saturated rings. The molecular weight excluding hydrogens is 416 g/mol. The molecule has 0 aliphatic carbocycles. The van der Waals surface area contributed by atoms with E-state index in [0.717, 1.165) is 24.8 Å². The summed E-state index contributed by atoms with van der Waals surface area (Å²) < 4.78 is 25.1. The fourth-order valence-corrected chi connectivity index (χ4v) is 4.41. The van der Waals surface area contributed by atoms with Gasteiger partial charge >= 0.3 is 0 Å². The number of β-amino-alcohol motifs (C(OH)–C–C–N with tert-alkyl or cyclic N) is 1. The molecule has 1 heterocycles. The quantitative estimate of drug-likeness (QED) is 0.529. The lowest BCUT2D eigenvalue weighted by Crippen LogP contribution is -2.39. The number of benzene rings is 2. The lowest BCUT2D eigenvalue weighted by Gasteiger charge is -2.32. The van der Waals surface area contributed by atoms with E-state index in [1.54, 1.807) is 24.1 Å². The van der Waals surface area contributed by atoms with E-state index in [1.165, 1.54) is 6.07 Å². The van der Waals surface area contributed by atoms with E-state index in [2.05, 4.69) is 9.62 Å². The maximum absolute atomic E-state index is 12.9. The van der Waals surface area contributed by atoms with Gasteiger partial charge in [-0.25, -0.2) is 8.42 Å². The number of carbonyl (C=O) groups is 1. The number of likely N-dealkylation sites (N-methyl/N-ethyl adjacent to an activating group) is 1. The van der Waals surface area contributed by atoms with Gasteiger partial charge in [0, 0.05) is 32.4 Å². The number of hydrogen-bond donors (Lipinski definition) is 3. The second-order valence-electron chi connectivity index (χ2n) is 8.10. The minimum atomic E-state index is -3.40. The van der Waals surface area contributed by atoms with Crippen LogP contribution in [0.25, 0.3) is 0 Å². The van der Waals surface area contributed by atoms with Crippen molar-refractivity contribution in [3.63, 3.8) is 0 Å². The molecule has 0 radical (unpaired) electrons. The van der Waals surface area contributed by atoms with E-state index in [0.29, 0.717) is 30.0 Å². The Balaban J connectivity index is 1.69. The van der Waals surface area contributed by atoms with Crippen molar-refractivity contribution >= 4 is 27.3 Å². The highest BCUT2D eigenvalue weighted by Crippen LogP contribution is 2.26. The van der Waals surface area contributed by atoms with Gasteiger partial charge in [-0.2, -0.15) is 0 Å². The fraction of sp³-hybridized carbons (Fsp3) is 0.409. The van der Waals surface area contributed by atoms with Gasteiger partial charge in [0.15, 0.2) is 0 Å². The SMILES string of the molecule is CN(C[C@@H](c1ccccc1)N1CC[C@H](O)C1)C(=O)Cc1ccc(NS(C)(=O)=O)cc1N. The molecular formula is C22H30N4O4S. The highest BCUT2D eigenvalue weighted by Gasteiger charge is 2.29. The number of nitrogens with zero attached hydrogens (tertiary/aromatic N) is 2. The minimum absolute atomic E-state index is 0.00835. The molecule has 2 aromatic rings. The molecule has 0 unspecified atom stereocenters. The summed E-state index contributed by atoms with van der Waals surface area (Å²) >= 11 is 0. The van der Waals surface area contributed by atoms with Crippen molar-refractivity contribution in [3.8, 4) is 0 Å². The molecule has 1 saturated heterocycles. The van der Waals surface area contributed by atoms with Crippen molar-refractivity contribution in [2.24, 2.45) is 0 Å². The topological polar surface area (TPSA) is 116 Å². The number of sulfonamides is 1. The lowest BCUT2D eigenvalue weighted by molar-refractivity contribution is -0.129.